The standard InChI is InChI=1S/C29H24ClN3O4/c1-4-36-27(34)16-14-20-13-15-23(30)26(17-20)37-29(2,3)28(35)33(24-11-7-5-9-21(24)18-31)25-12-8-6-10-22(25)19-32/h5-17H,4H2,1-3H3/b16-14+. The van der Waals surface area contributed by atoms with Gasteiger partial charge in [-0.25, -0.2) is 4.79 Å². The number of ether oxygens (including phenoxy) is 2. The lowest BCUT2D eigenvalue weighted by atomic mass is 10.0. The Kier molecular flexibility index (Phi) is 8.68. The third-order valence-corrected chi connectivity index (χ3v) is 5.58. The summed E-state index contributed by atoms with van der Waals surface area (Å²) in [5.41, 5.74) is 0.251. The van der Waals surface area contributed by atoms with E-state index in [9.17, 15) is 20.1 Å². The van der Waals surface area contributed by atoms with E-state index < -0.39 is 17.5 Å². The predicted octanol–water partition coefficient (Wildman–Crippen LogP) is 6.18. The van der Waals surface area contributed by atoms with E-state index in [0.717, 1.165) is 0 Å². The van der Waals surface area contributed by atoms with Gasteiger partial charge in [0.25, 0.3) is 5.91 Å². The summed E-state index contributed by atoms with van der Waals surface area (Å²) in [6, 6.07) is 22.3. The van der Waals surface area contributed by atoms with Gasteiger partial charge < -0.3 is 9.47 Å². The maximum Gasteiger partial charge on any atom is 0.330 e. The summed E-state index contributed by atoms with van der Waals surface area (Å²) in [5, 5.41) is 19.7. The van der Waals surface area contributed by atoms with Crippen LogP contribution in [0.15, 0.2) is 72.8 Å². The molecule has 0 saturated heterocycles. The van der Waals surface area contributed by atoms with E-state index in [0.29, 0.717) is 16.9 Å². The van der Waals surface area contributed by atoms with E-state index in [1.54, 1.807) is 93.6 Å². The number of hydrogen-bond acceptors (Lipinski definition) is 6. The average molecular weight is 514 g/mol. The Balaban J connectivity index is 2.04. The van der Waals surface area contributed by atoms with Crippen molar-refractivity contribution in [3.05, 3.63) is 94.5 Å². The largest absolute Gasteiger partial charge is 0.476 e. The van der Waals surface area contributed by atoms with Gasteiger partial charge in [-0.3, -0.25) is 9.69 Å². The number of amides is 1. The first-order valence-corrected chi connectivity index (χ1v) is 11.8. The summed E-state index contributed by atoms with van der Waals surface area (Å²) >= 11 is 6.38. The molecule has 0 saturated carbocycles. The van der Waals surface area contributed by atoms with Gasteiger partial charge in [-0.05, 0) is 68.8 Å². The van der Waals surface area contributed by atoms with Crippen LogP contribution in [-0.4, -0.2) is 24.1 Å². The van der Waals surface area contributed by atoms with Crippen molar-refractivity contribution < 1.29 is 19.1 Å². The average Bonchev–Trinajstić information content (AvgIpc) is 2.89. The van der Waals surface area contributed by atoms with Crippen LogP contribution >= 0.6 is 11.6 Å². The quantitative estimate of drug-likeness (QED) is 0.263. The van der Waals surface area contributed by atoms with Crippen molar-refractivity contribution in [1.29, 1.82) is 10.5 Å². The number of carbonyl (C=O) groups excluding carboxylic acids is 2. The molecule has 0 N–H and O–H groups in total. The van der Waals surface area contributed by atoms with Crippen molar-refractivity contribution in [1.82, 2.24) is 0 Å². The number of halogens is 1. The molecule has 0 aromatic heterocycles. The molecule has 0 aliphatic heterocycles. The van der Waals surface area contributed by atoms with Crippen LogP contribution in [0.25, 0.3) is 6.08 Å². The van der Waals surface area contributed by atoms with Crippen LogP contribution in [0.4, 0.5) is 11.4 Å². The number of benzene rings is 3. The van der Waals surface area contributed by atoms with Gasteiger partial charge in [0.2, 0.25) is 0 Å². The lowest BCUT2D eigenvalue weighted by Gasteiger charge is -2.33. The van der Waals surface area contributed by atoms with Crippen molar-refractivity contribution in [2.75, 3.05) is 11.5 Å². The number of rotatable bonds is 8. The van der Waals surface area contributed by atoms with Gasteiger partial charge in [0.1, 0.15) is 17.9 Å². The molecule has 0 heterocycles. The van der Waals surface area contributed by atoms with Crippen LogP contribution in [0.2, 0.25) is 5.02 Å². The fourth-order valence-corrected chi connectivity index (χ4v) is 3.68. The van der Waals surface area contributed by atoms with Crippen LogP contribution in [0.5, 0.6) is 5.75 Å². The summed E-state index contributed by atoms with van der Waals surface area (Å²) in [7, 11) is 0. The SMILES string of the molecule is CCOC(=O)/C=C/c1ccc(Cl)c(OC(C)(C)C(=O)N(c2ccccc2C#N)c2ccccc2C#N)c1. The number of anilines is 2. The normalized spacial score (nSPS) is 10.9. The number of hydrogen-bond donors (Lipinski definition) is 0. The molecule has 0 spiro atoms. The van der Waals surface area contributed by atoms with Gasteiger partial charge in [0, 0.05) is 6.08 Å². The number of nitriles is 2. The molecule has 186 valence electrons. The molecule has 0 radical (unpaired) electrons. The van der Waals surface area contributed by atoms with Crippen molar-refractivity contribution in [3.63, 3.8) is 0 Å². The number of para-hydroxylation sites is 2. The van der Waals surface area contributed by atoms with E-state index in [4.69, 9.17) is 21.1 Å². The molecule has 3 aromatic rings. The first-order valence-electron chi connectivity index (χ1n) is 11.4. The van der Waals surface area contributed by atoms with Crippen molar-refractivity contribution in [2.45, 2.75) is 26.4 Å². The van der Waals surface area contributed by atoms with E-state index in [2.05, 4.69) is 12.1 Å². The van der Waals surface area contributed by atoms with Crippen LogP contribution in [-0.2, 0) is 14.3 Å². The van der Waals surface area contributed by atoms with Crippen LogP contribution < -0.4 is 9.64 Å². The summed E-state index contributed by atoms with van der Waals surface area (Å²) in [6.45, 7) is 5.12. The first kappa shape index (κ1) is 27.0. The highest BCUT2D eigenvalue weighted by atomic mass is 35.5. The van der Waals surface area contributed by atoms with Gasteiger partial charge in [0.15, 0.2) is 5.60 Å². The molecule has 0 unspecified atom stereocenters. The molecule has 0 bridgehead atoms. The van der Waals surface area contributed by atoms with Crippen LogP contribution in [0, 0.1) is 22.7 Å². The summed E-state index contributed by atoms with van der Waals surface area (Å²) in [6.07, 6.45) is 2.83. The Bertz CT molecular complexity index is 1380. The van der Waals surface area contributed by atoms with E-state index in [1.807, 2.05) is 0 Å². The van der Waals surface area contributed by atoms with E-state index in [-0.39, 0.29) is 28.5 Å². The zero-order chi connectivity index (χ0) is 27.0. The fourth-order valence-electron chi connectivity index (χ4n) is 3.52. The molecule has 0 aliphatic carbocycles. The minimum Gasteiger partial charge on any atom is -0.476 e. The smallest absolute Gasteiger partial charge is 0.330 e. The molecule has 0 atom stereocenters. The van der Waals surface area contributed by atoms with E-state index >= 15 is 0 Å². The monoisotopic (exact) mass is 513 g/mol. The highest BCUT2D eigenvalue weighted by Gasteiger charge is 2.38. The Labute approximate surface area is 220 Å². The maximum absolute atomic E-state index is 14.1. The van der Waals surface area contributed by atoms with Crippen molar-refractivity contribution >= 4 is 40.9 Å². The first-order chi connectivity index (χ1) is 17.7. The minimum absolute atomic E-state index is 0.216. The zero-order valence-electron chi connectivity index (χ0n) is 20.6. The molecule has 8 heteroatoms. The Morgan fingerprint density at radius 1 is 0.973 bits per heavy atom. The van der Waals surface area contributed by atoms with Crippen molar-refractivity contribution in [3.8, 4) is 17.9 Å². The number of carbonyl (C=O) groups is 2. The van der Waals surface area contributed by atoms with Gasteiger partial charge in [0.05, 0.1) is 34.1 Å². The number of esters is 1. The lowest BCUT2D eigenvalue weighted by molar-refractivity contribution is -0.137. The molecular weight excluding hydrogens is 490 g/mol. The second-order valence-corrected chi connectivity index (χ2v) is 8.69. The summed E-state index contributed by atoms with van der Waals surface area (Å²) in [4.78, 5) is 27.0. The van der Waals surface area contributed by atoms with E-state index in [1.165, 1.54) is 11.0 Å². The Morgan fingerprint density at radius 2 is 1.54 bits per heavy atom. The zero-order valence-corrected chi connectivity index (χ0v) is 21.3. The molecule has 3 rings (SSSR count). The van der Waals surface area contributed by atoms with Crippen LogP contribution in [0.1, 0.15) is 37.5 Å². The number of nitrogens with zero attached hydrogens (tertiary/aromatic N) is 3. The molecule has 7 nitrogen and oxygen atoms in total. The molecular formula is C29H24ClN3O4. The summed E-state index contributed by atoms with van der Waals surface area (Å²) in [5.74, 6) is -0.798. The van der Waals surface area contributed by atoms with Gasteiger partial charge >= 0.3 is 5.97 Å². The van der Waals surface area contributed by atoms with Crippen LogP contribution in [0.3, 0.4) is 0 Å². The Morgan fingerprint density at radius 3 is 2.08 bits per heavy atom. The topological polar surface area (TPSA) is 103 Å². The van der Waals surface area contributed by atoms with Crippen molar-refractivity contribution in [2.24, 2.45) is 0 Å². The predicted molar refractivity (Wildman–Crippen MR) is 141 cm³/mol. The second kappa shape index (κ2) is 11.9. The summed E-state index contributed by atoms with van der Waals surface area (Å²) < 4.78 is 11.0. The molecule has 37 heavy (non-hydrogen) atoms. The fraction of sp³-hybridized carbons (Fsp3) is 0.172. The maximum atomic E-state index is 14.1. The van der Waals surface area contributed by atoms with Gasteiger partial charge in [-0.2, -0.15) is 10.5 Å². The third kappa shape index (κ3) is 6.35. The highest BCUT2D eigenvalue weighted by Crippen LogP contribution is 2.36. The second-order valence-electron chi connectivity index (χ2n) is 8.29. The molecule has 3 aromatic carbocycles. The highest BCUT2D eigenvalue weighted by molar-refractivity contribution is 6.32. The molecule has 1 amide bonds. The third-order valence-electron chi connectivity index (χ3n) is 5.27. The Hall–Kier alpha value is -4.59. The van der Waals surface area contributed by atoms with Gasteiger partial charge in [-0.1, -0.05) is 41.9 Å². The lowest BCUT2D eigenvalue weighted by Crippen LogP contribution is -2.47. The molecule has 0 fully saturated rings. The minimum atomic E-state index is -1.49. The van der Waals surface area contributed by atoms with Gasteiger partial charge in [-0.15, -0.1) is 0 Å². The molecule has 0 aliphatic rings.